The first kappa shape index (κ1) is 13.2. The molecule has 0 saturated carbocycles. The molecule has 1 N–H and O–H groups in total. The number of nitrogens with one attached hydrogen (secondary N) is 1. The Balaban J connectivity index is 2.15. The van der Waals surface area contributed by atoms with Crippen LogP contribution in [0, 0.1) is 5.92 Å². The summed E-state index contributed by atoms with van der Waals surface area (Å²) in [7, 11) is 0. The largest absolute Gasteiger partial charge is 0.461 e. The number of hydrogen-bond donors (Lipinski definition) is 1. The minimum Gasteiger partial charge on any atom is -0.461 e. The zero-order valence-electron chi connectivity index (χ0n) is 11.6. The number of hydrogen-bond acceptors (Lipinski definition) is 2. The average molecular weight is 245 g/mol. The lowest BCUT2D eigenvalue weighted by Crippen LogP contribution is -2.20. The van der Waals surface area contributed by atoms with Crippen LogP contribution in [0.4, 0.5) is 0 Å². The van der Waals surface area contributed by atoms with Gasteiger partial charge in [0.2, 0.25) is 0 Å². The van der Waals surface area contributed by atoms with Crippen LogP contribution in [-0.2, 0) is 13.0 Å². The van der Waals surface area contributed by atoms with E-state index in [1.165, 1.54) is 17.4 Å². The third-order valence-corrected chi connectivity index (χ3v) is 3.59. The van der Waals surface area contributed by atoms with Gasteiger partial charge in [-0.2, -0.15) is 0 Å². The Hall–Kier alpha value is -1.28. The molecule has 0 aliphatic rings. The van der Waals surface area contributed by atoms with Gasteiger partial charge in [0.15, 0.2) is 0 Å². The van der Waals surface area contributed by atoms with E-state index in [1.54, 1.807) is 0 Å². The van der Waals surface area contributed by atoms with Crippen molar-refractivity contribution in [3.8, 4) is 0 Å². The van der Waals surface area contributed by atoms with E-state index < -0.39 is 0 Å². The minimum absolute atomic E-state index is 0.730. The maximum absolute atomic E-state index is 5.89. The summed E-state index contributed by atoms with van der Waals surface area (Å²) in [6.45, 7) is 8.64. The van der Waals surface area contributed by atoms with Crippen LogP contribution in [0.15, 0.2) is 28.7 Å². The molecule has 1 aromatic carbocycles. The fraction of sp³-hybridized carbons (Fsp3) is 0.500. The number of furan rings is 1. The molecule has 0 bridgehead atoms. The first-order valence-corrected chi connectivity index (χ1v) is 6.96. The summed E-state index contributed by atoms with van der Waals surface area (Å²) in [5.74, 6) is 1.85. The molecule has 1 heterocycles. The van der Waals surface area contributed by atoms with E-state index >= 15 is 0 Å². The zero-order chi connectivity index (χ0) is 13.0. The van der Waals surface area contributed by atoms with E-state index in [-0.39, 0.29) is 0 Å². The second-order valence-corrected chi connectivity index (χ2v) is 5.00. The van der Waals surface area contributed by atoms with Gasteiger partial charge >= 0.3 is 0 Å². The van der Waals surface area contributed by atoms with E-state index in [1.807, 2.05) is 12.1 Å². The fourth-order valence-electron chi connectivity index (χ4n) is 2.22. The molecule has 1 unspecified atom stereocenters. The number of fused-ring (bicyclic) bond motifs is 1. The predicted molar refractivity (Wildman–Crippen MR) is 76.8 cm³/mol. The number of aryl methyl sites for hydroxylation is 1. The minimum atomic E-state index is 0.730. The highest BCUT2D eigenvalue weighted by Gasteiger charge is 2.11. The molecule has 2 heteroatoms. The summed E-state index contributed by atoms with van der Waals surface area (Å²) in [6.07, 6.45) is 2.18. The summed E-state index contributed by atoms with van der Waals surface area (Å²) < 4.78 is 5.89. The van der Waals surface area contributed by atoms with Crippen molar-refractivity contribution in [1.29, 1.82) is 0 Å². The highest BCUT2D eigenvalue weighted by atomic mass is 16.3. The van der Waals surface area contributed by atoms with Crippen LogP contribution in [0.2, 0.25) is 0 Å². The quantitative estimate of drug-likeness (QED) is 0.827. The van der Waals surface area contributed by atoms with Crippen LogP contribution >= 0.6 is 0 Å². The van der Waals surface area contributed by atoms with Crippen LogP contribution < -0.4 is 5.32 Å². The Labute approximate surface area is 109 Å². The molecule has 0 radical (unpaired) electrons. The van der Waals surface area contributed by atoms with E-state index in [9.17, 15) is 0 Å². The second kappa shape index (κ2) is 6.05. The van der Waals surface area contributed by atoms with Gasteiger partial charge < -0.3 is 9.73 Å². The van der Waals surface area contributed by atoms with Crippen LogP contribution in [0.25, 0.3) is 11.0 Å². The van der Waals surface area contributed by atoms with Crippen molar-refractivity contribution in [2.45, 2.75) is 40.2 Å². The van der Waals surface area contributed by atoms with Crippen molar-refractivity contribution in [3.05, 3.63) is 35.6 Å². The lowest BCUT2D eigenvalue weighted by molar-refractivity contribution is 0.493. The van der Waals surface area contributed by atoms with Crippen LogP contribution in [0.1, 0.15) is 38.5 Å². The third-order valence-electron chi connectivity index (χ3n) is 3.59. The van der Waals surface area contributed by atoms with E-state index in [2.05, 4.69) is 38.2 Å². The van der Waals surface area contributed by atoms with Crippen molar-refractivity contribution >= 4 is 11.0 Å². The molecule has 0 aliphatic carbocycles. The first-order chi connectivity index (χ1) is 8.76. The highest BCUT2D eigenvalue weighted by Crippen LogP contribution is 2.26. The maximum Gasteiger partial charge on any atom is 0.134 e. The molecular weight excluding hydrogens is 222 g/mol. The van der Waals surface area contributed by atoms with Crippen molar-refractivity contribution in [1.82, 2.24) is 5.32 Å². The molecule has 0 amide bonds. The smallest absolute Gasteiger partial charge is 0.134 e. The summed E-state index contributed by atoms with van der Waals surface area (Å²) in [6, 6.07) is 8.31. The lowest BCUT2D eigenvalue weighted by atomic mass is 10.1. The maximum atomic E-state index is 5.89. The normalized spacial score (nSPS) is 13.1. The molecule has 18 heavy (non-hydrogen) atoms. The second-order valence-electron chi connectivity index (χ2n) is 5.00. The van der Waals surface area contributed by atoms with Crippen LogP contribution in [-0.4, -0.2) is 6.54 Å². The predicted octanol–water partition coefficient (Wildman–Crippen LogP) is 4.13. The van der Waals surface area contributed by atoms with E-state index in [0.29, 0.717) is 0 Å². The van der Waals surface area contributed by atoms with Gasteiger partial charge in [-0.1, -0.05) is 45.4 Å². The summed E-state index contributed by atoms with van der Waals surface area (Å²) >= 11 is 0. The molecule has 0 fully saturated rings. The zero-order valence-corrected chi connectivity index (χ0v) is 11.6. The van der Waals surface area contributed by atoms with Crippen molar-refractivity contribution in [2.24, 2.45) is 5.92 Å². The first-order valence-electron chi connectivity index (χ1n) is 6.96. The Morgan fingerprint density at radius 1 is 1.22 bits per heavy atom. The van der Waals surface area contributed by atoms with Gasteiger partial charge in [-0.3, -0.25) is 0 Å². The van der Waals surface area contributed by atoms with Gasteiger partial charge in [-0.25, -0.2) is 0 Å². The van der Waals surface area contributed by atoms with E-state index in [0.717, 1.165) is 36.8 Å². The lowest BCUT2D eigenvalue weighted by Gasteiger charge is -2.10. The third kappa shape index (κ3) is 2.75. The van der Waals surface area contributed by atoms with Gasteiger partial charge in [0.1, 0.15) is 11.3 Å². The standard InChI is InChI=1S/C16H23NO/c1-4-12(3)10-17-11-14-13-8-6-7-9-16(13)18-15(14)5-2/h6-9,12,17H,4-5,10-11H2,1-3H3. The monoisotopic (exact) mass is 245 g/mol. The van der Waals surface area contributed by atoms with Gasteiger partial charge in [0.05, 0.1) is 0 Å². The van der Waals surface area contributed by atoms with E-state index in [4.69, 9.17) is 4.42 Å². The van der Waals surface area contributed by atoms with Gasteiger partial charge in [0.25, 0.3) is 0 Å². The van der Waals surface area contributed by atoms with Gasteiger partial charge in [-0.15, -0.1) is 0 Å². The summed E-state index contributed by atoms with van der Waals surface area (Å²) in [5.41, 5.74) is 2.34. The molecule has 1 atom stereocenters. The molecule has 98 valence electrons. The topological polar surface area (TPSA) is 25.2 Å². The van der Waals surface area contributed by atoms with Gasteiger partial charge in [-0.05, 0) is 18.5 Å². The molecule has 2 rings (SSSR count). The molecule has 0 spiro atoms. The molecule has 2 nitrogen and oxygen atoms in total. The van der Waals surface area contributed by atoms with Gasteiger partial charge in [0, 0.05) is 23.9 Å². The Bertz CT molecular complexity index is 501. The SMILES string of the molecule is CCc1oc2ccccc2c1CNCC(C)CC. The summed E-state index contributed by atoms with van der Waals surface area (Å²) in [4.78, 5) is 0. The fourth-order valence-corrected chi connectivity index (χ4v) is 2.22. The Kier molecular flexibility index (Phi) is 4.43. The molecular formula is C16H23NO. The molecule has 1 aromatic heterocycles. The molecule has 0 aliphatic heterocycles. The molecule has 2 aromatic rings. The summed E-state index contributed by atoms with van der Waals surface area (Å²) in [5, 5.41) is 4.80. The van der Waals surface area contributed by atoms with Crippen molar-refractivity contribution < 1.29 is 4.42 Å². The number of rotatable bonds is 6. The number of benzene rings is 1. The van der Waals surface area contributed by atoms with Crippen molar-refractivity contribution in [2.75, 3.05) is 6.54 Å². The van der Waals surface area contributed by atoms with Crippen LogP contribution in [0.5, 0.6) is 0 Å². The molecule has 0 saturated heterocycles. The average Bonchev–Trinajstić information content (AvgIpc) is 2.77. The highest BCUT2D eigenvalue weighted by molar-refractivity contribution is 5.82. The number of para-hydroxylation sites is 1. The van der Waals surface area contributed by atoms with Crippen LogP contribution in [0.3, 0.4) is 0 Å². The Morgan fingerprint density at radius 3 is 2.72 bits per heavy atom. The van der Waals surface area contributed by atoms with Crippen molar-refractivity contribution in [3.63, 3.8) is 0 Å². The Morgan fingerprint density at radius 2 is 2.00 bits per heavy atom.